The van der Waals surface area contributed by atoms with Crippen LogP contribution in [0.2, 0.25) is 0 Å². The molecule has 3 N–H and O–H groups in total. The van der Waals surface area contributed by atoms with Crippen LogP contribution in [0.3, 0.4) is 0 Å². The smallest absolute Gasteiger partial charge is 0.253 e. The molecule has 0 radical (unpaired) electrons. The number of amides is 1. The van der Waals surface area contributed by atoms with E-state index in [1.807, 2.05) is 44.2 Å². The maximum atomic E-state index is 12.1. The summed E-state index contributed by atoms with van der Waals surface area (Å²) in [6.45, 7) is 4.86. The number of carbonyl (C=O) groups is 1. The molecule has 4 nitrogen and oxygen atoms in total. The summed E-state index contributed by atoms with van der Waals surface area (Å²) < 4.78 is 3.07. The highest BCUT2D eigenvalue weighted by atomic mass is 79.9. The van der Waals surface area contributed by atoms with Gasteiger partial charge in [0.05, 0.1) is 11.3 Å². The summed E-state index contributed by atoms with van der Waals surface area (Å²) >= 11 is 3.55. The Morgan fingerprint density at radius 3 is 2.70 bits per heavy atom. The van der Waals surface area contributed by atoms with Crippen molar-refractivity contribution in [3.63, 3.8) is 0 Å². The van der Waals surface area contributed by atoms with E-state index in [2.05, 4.69) is 25.8 Å². The van der Waals surface area contributed by atoms with Gasteiger partial charge in [-0.2, -0.15) is 0 Å². The number of aromatic nitrogens is 1. The molecular weight excluding hydrogens is 318 g/mol. The van der Waals surface area contributed by atoms with Gasteiger partial charge in [0.1, 0.15) is 0 Å². The van der Waals surface area contributed by atoms with E-state index in [1.165, 1.54) is 0 Å². The van der Waals surface area contributed by atoms with Crippen LogP contribution in [0.1, 0.15) is 21.7 Å². The van der Waals surface area contributed by atoms with Crippen LogP contribution in [0.4, 0.5) is 0 Å². The zero-order valence-corrected chi connectivity index (χ0v) is 13.2. The quantitative estimate of drug-likeness (QED) is 0.901. The molecule has 2 aromatic rings. The third kappa shape index (κ3) is 2.78. The summed E-state index contributed by atoms with van der Waals surface area (Å²) in [4.78, 5) is 12.1. The number of aryl methyl sites for hydroxylation is 1. The average Bonchev–Trinajstić information content (AvgIpc) is 2.72. The lowest BCUT2D eigenvalue weighted by Gasteiger charge is -2.12. The molecule has 1 aromatic carbocycles. The van der Waals surface area contributed by atoms with Crippen LogP contribution in [0.25, 0.3) is 5.69 Å². The van der Waals surface area contributed by atoms with Gasteiger partial charge < -0.3 is 15.6 Å². The number of benzene rings is 1. The number of nitrogens with one attached hydrogen (secondary N) is 1. The van der Waals surface area contributed by atoms with Crippen LogP contribution in [0, 0.1) is 13.8 Å². The minimum Gasteiger partial charge on any atom is -0.351 e. The first-order valence-corrected chi connectivity index (χ1v) is 7.27. The maximum absolute atomic E-state index is 12.1. The number of hydrogen-bond acceptors (Lipinski definition) is 2. The minimum atomic E-state index is -0.0816. The van der Waals surface area contributed by atoms with Crippen molar-refractivity contribution in [3.05, 3.63) is 51.8 Å². The molecule has 0 bridgehead atoms. The molecule has 0 atom stereocenters. The van der Waals surface area contributed by atoms with Crippen molar-refractivity contribution in [1.82, 2.24) is 9.88 Å². The van der Waals surface area contributed by atoms with Crippen molar-refractivity contribution in [2.24, 2.45) is 5.73 Å². The van der Waals surface area contributed by atoms with Gasteiger partial charge in [0.15, 0.2) is 0 Å². The second-order valence-electron chi connectivity index (χ2n) is 4.62. The fourth-order valence-corrected chi connectivity index (χ4v) is 2.74. The molecular formula is C15H18BrN3O. The van der Waals surface area contributed by atoms with Crippen molar-refractivity contribution in [2.75, 3.05) is 13.1 Å². The molecule has 106 valence electrons. The third-order valence-electron chi connectivity index (χ3n) is 3.20. The number of halogens is 1. The lowest BCUT2D eigenvalue weighted by Crippen LogP contribution is -2.29. The van der Waals surface area contributed by atoms with Gasteiger partial charge in [0.2, 0.25) is 0 Å². The number of hydrogen-bond donors (Lipinski definition) is 2. The van der Waals surface area contributed by atoms with Crippen molar-refractivity contribution in [3.8, 4) is 5.69 Å². The Kier molecular flexibility index (Phi) is 4.62. The number of carbonyl (C=O) groups excluding carboxylic acids is 1. The van der Waals surface area contributed by atoms with Gasteiger partial charge in [0, 0.05) is 29.0 Å². The predicted octanol–water partition coefficient (Wildman–Crippen LogP) is 2.55. The Morgan fingerprint density at radius 2 is 2.05 bits per heavy atom. The first-order chi connectivity index (χ1) is 9.56. The zero-order chi connectivity index (χ0) is 14.7. The molecule has 2 rings (SSSR count). The highest BCUT2D eigenvalue weighted by molar-refractivity contribution is 9.10. The Bertz CT molecular complexity index is 634. The Labute approximate surface area is 127 Å². The van der Waals surface area contributed by atoms with E-state index >= 15 is 0 Å². The van der Waals surface area contributed by atoms with Crippen LogP contribution in [-0.2, 0) is 0 Å². The summed E-state index contributed by atoms with van der Waals surface area (Å²) in [5, 5.41) is 2.81. The van der Waals surface area contributed by atoms with Gasteiger partial charge in [-0.05, 0) is 48.0 Å². The van der Waals surface area contributed by atoms with E-state index in [4.69, 9.17) is 5.73 Å². The fraction of sp³-hybridized carbons (Fsp3) is 0.267. The van der Waals surface area contributed by atoms with Gasteiger partial charge in [-0.3, -0.25) is 4.79 Å². The fourth-order valence-electron chi connectivity index (χ4n) is 2.28. The molecule has 0 aliphatic carbocycles. The summed E-state index contributed by atoms with van der Waals surface area (Å²) in [5.74, 6) is -0.0816. The monoisotopic (exact) mass is 335 g/mol. The topological polar surface area (TPSA) is 60.1 Å². The van der Waals surface area contributed by atoms with E-state index in [0.29, 0.717) is 18.7 Å². The normalized spacial score (nSPS) is 10.6. The number of rotatable bonds is 4. The van der Waals surface area contributed by atoms with Crippen LogP contribution in [0.5, 0.6) is 0 Å². The molecule has 5 heteroatoms. The Balaban J connectivity index is 2.45. The van der Waals surface area contributed by atoms with E-state index in [-0.39, 0.29) is 5.91 Å². The van der Waals surface area contributed by atoms with Gasteiger partial charge >= 0.3 is 0 Å². The number of nitrogens with zero attached hydrogens (tertiary/aromatic N) is 1. The lowest BCUT2D eigenvalue weighted by atomic mass is 10.2. The summed E-state index contributed by atoms with van der Waals surface area (Å²) in [5.41, 5.74) is 9.07. The molecule has 1 amide bonds. The average molecular weight is 336 g/mol. The van der Waals surface area contributed by atoms with Gasteiger partial charge in [0.25, 0.3) is 5.91 Å². The zero-order valence-electron chi connectivity index (χ0n) is 11.6. The highest BCUT2D eigenvalue weighted by Crippen LogP contribution is 2.26. The van der Waals surface area contributed by atoms with Crippen molar-refractivity contribution in [2.45, 2.75) is 13.8 Å². The molecule has 0 saturated heterocycles. The first-order valence-electron chi connectivity index (χ1n) is 6.48. The highest BCUT2D eigenvalue weighted by Gasteiger charge is 2.17. The van der Waals surface area contributed by atoms with Crippen LogP contribution in [-0.4, -0.2) is 23.6 Å². The van der Waals surface area contributed by atoms with Crippen molar-refractivity contribution < 1.29 is 4.79 Å². The minimum absolute atomic E-state index is 0.0816. The van der Waals surface area contributed by atoms with E-state index in [9.17, 15) is 4.79 Å². The van der Waals surface area contributed by atoms with Crippen LogP contribution in [0.15, 0.2) is 34.8 Å². The Hall–Kier alpha value is -1.59. The molecule has 0 spiro atoms. The van der Waals surface area contributed by atoms with Crippen LogP contribution < -0.4 is 11.1 Å². The number of nitrogens with two attached hydrogens (primary N) is 1. The standard InChI is InChI=1S/C15H18BrN3O/c1-10-9-12(15(20)18-8-7-17)11(2)19(10)14-6-4-3-5-13(14)16/h3-6,9H,7-8,17H2,1-2H3,(H,18,20). The van der Waals surface area contributed by atoms with Gasteiger partial charge in [-0.15, -0.1) is 0 Å². The predicted molar refractivity (Wildman–Crippen MR) is 84.3 cm³/mol. The summed E-state index contributed by atoms with van der Waals surface area (Å²) in [7, 11) is 0. The summed E-state index contributed by atoms with van der Waals surface area (Å²) in [6, 6.07) is 9.86. The second kappa shape index (κ2) is 6.24. The van der Waals surface area contributed by atoms with Crippen molar-refractivity contribution in [1.29, 1.82) is 0 Å². The van der Waals surface area contributed by atoms with E-state index < -0.39 is 0 Å². The van der Waals surface area contributed by atoms with E-state index in [1.54, 1.807) is 0 Å². The van der Waals surface area contributed by atoms with Crippen molar-refractivity contribution >= 4 is 21.8 Å². The molecule has 1 heterocycles. The maximum Gasteiger partial charge on any atom is 0.253 e. The third-order valence-corrected chi connectivity index (χ3v) is 3.87. The van der Waals surface area contributed by atoms with Gasteiger partial charge in [-0.25, -0.2) is 0 Å². The molecule has 0 aliphatic rings. The Morgan fingerprint density at radius 1 is 1.35 bits per heavy atom. The molecule has 0 saturated carbocycles. The largest absolute Gasteiger partial charge is 0.351 e. The molecule has 0 unspecified atom stereocenters. The van der Waals surface area contributed by atoms with Crippen LogP contribution >= 0.6 is 15.9 Å². The number of para-hydroxylation sites is 1. The first kappa shape index (κ1) is 14.8. The summed E-state index contributed by atoms with van der Waals surface area (Å²) in [6.07, 6.45) is 0. The van der Waals surface area contributed by atoms with E-state index in [0.717, 1.165) is 21.5 Å². The molecule has 20 heavy (non-hydrogen) atoms. The van der Waals surface area contributed by atoms with Gasteiger partial charge in [-0.1, -0.05) is 12.1 Å². The molecule has 0 aliphatic heterocycles. The lowest BCUT2D eigenvalue weighted by molar-refractivity contribution is 0.0954. The second-order valence-corrected chi connectivity index (χ2v) is 5.47. The molecule has 0 fully saturated rings. The molecule has 1 aromatic heterocycles. The SMILES string of the molecule is Cc1cc(C(=O)NCCN)c(C)n1-c1ccccc1Br.